The first kappa shape index (κ1) is 17.2. The van der Waals surface area contributed by atoms with Gasteiger partial charge in [-0.3, -0.25) is 0 Å². The highest BCUT2D eigenvalue weighted by Gasteiger charge is 2.31. The molecule has 0 aromatic carbocycles. The number of hydrogen-bond donors (Lipinski definition) is 1. The van der Waals surface area contributed by atoms with Gasteiger partial charge >= 0.3 is 0 Å². The maximum atomic E-state index is 3.77. The normalized spacial score (nSPS) is 33.0. The molecular weight excluding hydrogens is 258 g/mol. The molecule has 124 valence electrons. The lowest BCUT2D eigenvalue weighted by Crippen LogP contribution is -2.46. The molecule has 2 rings (SSSR count). The molecule has 0 aromatic heterocycles. The van der Waals surface area contributed by atoms with E-state index >= 15 is 0 Å². The first-order valence-electron chi connectivity index (χ1n) is 9.37. The second kappa shape index (κ2) is 9.12. The molecule has 3 unspecified atom stereocenters. The van der Waals surface area contributed by atoms with Gasteiger partial charge < -0.3 is 15.1 Å². The van der Waals surface area contributed by atoms with E-state index in [-0.39, 0.29) is 0 Å². The van der Waals surface area contributed by atoms with Crippen LogP contribution in [0.2, 0.25) is 0 Å². The summed E-state index contributed by atoms with van der Waals surface area (Å²) in [5, 5.41) is 3.77. The number of likely N-dealkylation sites (N-methyl/N-ethyl adjacent to an activating group) is 1. The lowest BCUT2D eigenvalue weighted by Gasteiger charge is -2.39. The lowest BCUT2D eigenvalue weighted by atomic mass is 9.76. The zero-order chi connectivity index (χ0) is 15.1. The molecule has 3 atom stereocenters. The SMILES string of the molecule is CCCC1CCC(NCC)C(CN2CCCN(C)CC2)C1. The van der Waals surface area contributed by atoms with Gasteiger partial charge in [-0.2, -0.15) is 0 Å². The monoisotopic (exact) mass is 295 g/mol. The van der Waals surface area contributed by atoms with Crippen LogP contribution in [0.25, 0.3) is 0 Å². The quantitative estimate of drug-likeness (QED) is 0.813. The van der Waals surface area contributed by atoms with E-state index in [1.54, 1.807) is 0 Å². The van der Waals surface area contributed by atoms with Crippen molar-refractivity contribution in [3.63, 3.8) is 0 Å². The second-order valence-electron chi connectivity index (χ2n) is 7.35. The molecule has 0 amide bonds. The summed E-state index contributed by atoms with van der Waals surface area (Å²) in [5.74, 6) is 1.86. The Bertz CT molecular complexity index is 282. The van der Waals surface area contributed by atoms with Crippen LogP contribution >= 0.6 is 0 Å². The predicted octanol–water partition coefficient (Wildman–Crippen LogP) is 2.82. The van der Waals surface area contributed by atoms with Gasteiger partial charge in [-0.25, -0.2) is 0 Å². The van der Waals surface area contributed by atoms with Crippen molar-refractivity contribution in [3.8, 4) is 0 Å². The van der Waals surface area contributed by atoms with Gasteiger partial charge in [0.25, 0.3) is 0 Å². The molecule has 1 N–H and O–H groups in total. The maximum absolute atomic E-state index is 3.77. The number of nitrogens with zero attached hydrogens (tertiary/aromatic N) is 2. The smallest absolute Gasteiger partial charge is 0.0109 e. The third-order valence-corrected chi connectivity index (χ3v) is 5.56. The standard InChI is InChI=1S/C18H37N3/c1-4-7-16-8-9-18(19-5-2)17(14-16)15-21-11-6-10-20(3)12-13-21/h16-19H,4-15H2,1-3H3. The van der Waals surface area contributed by atoms with Crippen LogP contribution in [0, 0.1) is 11.8 Å². The van der Waals surface area contributed by atoms with E-state index in [1.807, 2.05) is 0 Å². The summed E-state index contributed by atoms with van der Waals surface area (Å²) in [4.78, 5) is 5.23. The van der Waals surface area contributed by atoms with Crippen LogP contribution in [0.5, 0.6) is 0 Å². The van der Waals surface area contributed by atoms with Gasteiger partial charge in [0, 0.05) is 25.7 Å². The largest absolute Gasteiger partial charge is 0.314 e. The molecule has 2 fully saturated rings. The van der Waals surface area contributed by atoms with Crippen molar-refractivity contribution >= 4 is 0 Å². The zero-order valence-electron chi connectivity index (χ0n) is 14.6. The van der Waals surface area contributed by atoms with Crippen LogP contribution in [-0.4, -0.2) is 62.2 Å². The molecular formula is C18H37N3. The first-order valence-corrected chi connectivity index (χ1v) is 9.37. The van der Waals surface area contributed by atoms with Crippen molar-refractivity contribution in [2.75, 3.05) is 46.3 Å². The summed E-state index contributed by atoms with van der Waals surface area (Å²) >= 11 is 0. The Hall–Kier alpha value is -0.120. The van der Waals surface area contributed by atoms with Gasteiger partial charge in [0.1, 0.15) is 0 Å². The molecule has 2 aliphatic rings. The highest BCUT2D eigenvalue weighted by atomic mass is 15.2. The second-order valence-corrected chi connectivity index (χ2v) is 7.35. The lowest BCUT2D eigenvalue weighted by molar-refractivity contribution is 0.138. The Labute approximate surface area is 132 Å². The average Bonchev–Trinajstić information content (AvgIpc) is 2.67. The molecule has 21 heavy (non-hydrogen) atoms. The summed E-state index contributed by atoms with van der Waals surface area (Å²) < 4.78 is 0. The maximum Gasteiger partial charge on any atom is 0.0109 e. The Morgan fingerprint density at radius 3 is 2.67 bits per heavy atom. The fraction of sp³-hybridized carbons (Fsp3) is 1.00. The van der Waals surface area contributed by atoms with Crippen LogP contribution in [0.1, 0.15) is 52.4 Å². The van der Waals surface area contributed by atoms with E-state index in [2.05, 4.69) is 36.0 Å². The molecule has 3 nitrogen and oxygen atoms in total. The van der Waals surface area contributed by atoms with E-state index in [1.165, 1.54) is 71.2 Å². The van der Waals surface area contributed by atoms with Crippen LogP contribution in [0.3, 0.4) is 0 Å². The van der Waals surface area contributed by atoms with Gasteiger partial charge in [-0.1, -0.05) is 26.7 Å². The van der Waals surface area contributed by atoms with Crippen molar-refractivity contribution in [1.82, 2.24) is 15.1 Å². The molecule has 3 heteroatoms. The zero-order valence-corrected chi connectivity index (χ0v) is 14.6. The van der Waals surface area contributed by atoms with Crippen molar-refractivity contribution in [2.45, 2.75) is 58.4 Å². The van der Waals surface area contributed by atoms with Crippen molar-refractivity contribution in [3.05, 3.63) is 0 Å². The van der Waals surface area contributed by atoms with Gasteiger partial charge in [-0.05, 0) is 64.2 Å². The summed E-state index contributed by atoms with van der Waals surface area (Å²) in [6.45, 7) is 12.1. The molecule has 0 spiro atoms. The molecule has 0 aromatic rings. The topological polar surface area (TPSA) is 18.5 Å². The Morgan fingerprint density at radius 2 is 1.90 bits per heavy atom. The molecule has 0 radical (unpaired) electrons. The van der Waals surface area contributed by atoms with Crippen LogP contribution < -0.4 is 5.32 Å². The van der Waals surface area contributed by atoms with Crippen LogP contribution in [0.15, 0.2) is 0 Å². The summed E-state index contributed by atoms with van der Waals surface area (Å²) in [6, 6.07) is 0.768. The third-order valence-electron chi connectivity index (χ3n) is 5.56. The molecule has 1 aliphatic carbocycles. The van der Waals surface area contributed by atoms with Crippen molar-refractivity contribution in [2.24, 2.45) is 11.8 Å². The highest BCUT2D eigenvalue weighted by molar-refractivity contribution is 4.87. The van der Waals surface area contributed by atoms with Gasteiger partial charge in [0.2, 0.25) is 0 Å². The minimum Gasteiger partial charge on any atom is -0.314 e. The predicted molar refractivity (Wildman–Crippen MR) is 91.8 cm³/mol. The van der Waals surface area contributed by atoms with E-state index in [9.17, 15) is 0 Å². The first-order chi connectivity index (χ1) is 10.2. The van der Waals surface area contributed by atoms with Crippen LogP contribution in [0.4, 0.5) is 0 Å². The number of hydrogen-bond acceptors (Lipinski definition) is 3. The molecule has 1 saturated heterocycles. The van der Waals surface area contributed by atoms with Gasteiger partial charge in [0.05, 0.1) is 0 Å². The fourth-order valence-electron chi connectivity index (χ4n) is 4.38. The third kappa shape index (κ3) is 5.54. The highest BCUT2D eigenvalue weighted by Crippen LogP contribution is 2.33. The van der Waals surface area contributed by atoms with Gasteiger partial charge in [-0.15, -0.1) is 0 Å². The molecule has 0 bridgehead atoms. The van der Waals surface area contributed by atoms with Gasteiger partial charge in [0.15, 0.2) is 0 Å². The Balaban J connectivity index is 1.88. The number of rotatable bonds is 6. The van der Waals surface area contributed by atoms with E-state index < -0.39 is 0 Å². The minimum absolute atomic E-state index is 0.768. The summed E-state index contributed by atoms with van der Waals surface area (Å²) in [7, 11) is 2.27. The van der Waals surface area contributed by atoms with Crippen molar-refractivity contribution in [1.29, 1.82) is 0 Å². The molecule has 1 aliphatic heterocycles. The summed E-state index contributed by atoms with van der Waals surface area (Å²) in [5.41, 5.74) is 0. The van der Waals surface area contributed by atoms with E-state index in [0.29, 0.717) is 0 Å². The minimum atomic E-state index is 0.768. The summed E-state index contributed by atoms with van der Waals surface area (Å²) in [6.07, 6.45) is 8.45. The number of nitrogens with one attached hydrogen (secondary N) is 1. The Morgan fingerprint density at radius 1 is 1.05 bits per heavy atom. The Kier molecular flexibility index (Phi) is 7.48. The van der Waals surface area contributed by atoms with Crippen molar-refractivity contribution < 1.29 is 0 Å². The fourth-order valence-corrected chi connectivity index (χ4v) is 4.38. The molecule has 1 heterocycles. The van der Waals surface area contributed by atoms with E-state index in [0.717, 1.165) is 24.4 Å². The van der Waals surface area contributed by atoms with E-state index in [4.69, 9.17) is 0 Å². The average molecular weight is 296 g/mol. The molecule has 1 saturated carbocycles. The van der Waals surface area contributed by atoms with Crippen LogP contribution in [-0.2, 0) is 0 Å².